The first-order chi connectivity index (χ1) is 10.2. The number of hydrogen-bond acceptors (Lipinski definition) is 4. The van der Waals surface area contributed by atoms with Crippen LogP contribution < -0.4 is 14.8 Å². The molecule has 4 heteroatoms. The Morgan fingerprint density at radius 2 is 2.19 bits per heavy atom. The van der Waals surface area contributed by atoms with Crippen LogP contribution in [-0.2, 0) is 0 Å². The van der Waals surface area contributed by atoms with Crippen LogP contribution in [-0.4, -0.2) is 24.9 Å². The van der Waals surface area contributed by atoms with E-state index < -0.39 is 0 Å². The smallest absolute Gasteiger partial charge is 0.127 e. The molecule has 0 aromatic heterocycles. The highest BCUT2D eigenvalue weighted by molar-refractivity contribution is 5.44. The standard InChI is InChI=1S/C17H19NO3/c1-12-3-2-4-14(9-12)20-8-7-18-16-11-21-17-10-13(19)5-6-15(16)17/h2-6,9-10,16,18-19H,7-8,11H2,1H3. The van der Waals surface area contributed by atoms with E-state index in [-0.39, 0.29) is 11.8 Å². The molecule has 0 spiro atoms. The van der Waals surface area contributed by atoms with Crippen LogP contribution in [0.3, 0.4) is 0 Å². The second-order valence-corrected chi connectivity index (χ2v) is 5.20. The van der Waals surface area contributed by atoms with Crippen LogP contribution in [0.1, 0.15) is 17.2 Å². The fourth-order valence-corrected chi connectivity index (χ4v) is 2.47. The fraction of sp³-hybridized carbons (Fsp3) is 0.294. The lowest BCUT2D eigenvalue weighted by molar-refractivity contribution is 0.279. The molecule has 21 heavy (non-hydrogen) atoms. The van der Waals surface area contributed by atoms with Crippen molar-refractivity contribution in [3.8, 4) is 17.2 Å². The summed E-state index contributed by atoms with van der Waals surface area (Å²) in [5.74, 6) is 1.88. The number of aromatic hydroxyl groups is 1. The van der Waals surface area contributed by atoms with E-state index in [1.807, 2.05) is 37.3 Å². The highest BCUT2D eigenvalue weighted by atomic mass is 16.5. The van der Waals surface area contributed by atoms with E-state index in [1.54, 1.807) is 12.1 Å². The summed E-state index contributed by atoms with van der Waals surface area (Å²) in [5.41, 5.74) is 2.28. The third kappa shape index (κ3) is 3.28. The summed E-state index contributed by atoms with van der Waals surface area (Å²) >= 11 is 0. The molecule has 0 bridgehead atoms. The minimum Gasteiger partial charge on any atom is -0.508 e. The Kier molecular flexibility index (Phi) is 3.97. The molecule has 2 aromatic carbocycles. The van der Waals surface area contributed by atoms with Gasteiger partial charge in [0.25, 0.3) is 0 Å². The fourth-order valence-electron chi connectivity index (χ4n) is 2.47. The molecule has 0 saturated carbocycles. The van der Waals surface area contributed by atoms with Gasteiger partial charge in [0.05, 0.1) is 6.04 Å². The Morgan fingerprint density at radius 3 is 3.05 bits per heavy atom. The minimum absolute atomic E-state index is 0.154. The van der Waals surface area contributed by atoms with Crippen LogP contribution in [0.2, 0.25) is 0 Å². The lowest BCUT2D eigenvalue weighted by Gasteiger charge is -2.12. The SMILES string of the molecule is Cc1cccc(OCCNC2COc3cc(O)ccc32)c1. The maximum atomic E-state index is 9.42. The molecule has 1 unspecified atom stereocenters. The Hall–Kier alpha value is -2.20. The van der Waals surface area contributed by atoms with E-state index in [0.29, 0.717) is 13.2 Å². The number of benzene rings is 2. The van der Waals surface area contributed by atoms with Crippen LogP contribution in [0.15, 0.2) is 42.5 Å². The minimum atomic E-state index is 0.154. The van der Waals surface area contributed by atoms with E-state index in [9.17, 15) is 5.11 Å². The van der Waals surface area contributed by atoms with Crippen molar-refractivity contribution in [3.63, 3.8) is 0 Å². The second-order valence-electron chi connectivity index (χ2n) is 5.20. The quantitative estimate of drug-likeness (QED) is 0.829. The third-order valence-electron chi connectivity index (χ3n) is 3.53. The number of hydrogen-bond donors (Lipinski definition) is 2. The number of nitrogens with one attached hydrogen (secondary N) is 1. The van der Waals surface area contributed by atoms with Gasteiger partial charge in [-0.15, -0.1) is 0 Å². The maximum Gasteiger partial charge on any atom is 0.127 e. The van der Waals surface area contributed by atoms with Gasteiger partial charge in [-0.05, 0) is 36.8 Å². The van der Waals surface area contributed by atoms with E-state index >= 15 is 0 Å². The number of rotatable bonds is 5. The molecule has 0 radical (unpaired) electrons. The van der Waals surface area contributed by atoms with E-state index in [1.165, 1.54) is 5.56 Å². The number of fused-ring (bicyclic) bond motifs is 1. The normalized spacial score (nSPS) is 16.3. The lowest BCUT2D eigenvalue weighted by Crippen LogP contribution is -2.27. The molecule has 0 amide bonds. The predicted octanol–water partition coefficient (Wildman–Crippen LogP) is 2.80. The highest BCUT2D eigenvalue weighted by Crippen LogP contribution is 2.34. The zero-order chi connectivity index (χ0) is 14.7. The summed E-state index contributed by atoms with van der Waals surface area (Å²) in [6.45, 7) is 3.98. The van der Waals surface area contributed by atoms with Crippen molar-refractivity contribution in [2.75, 3.05) is 19.8 Å². The number of aryl methyl sites for hydroxylation is 1. The summed E-state index contributed by atoms with van der Waals surface area (Å²) in [7, 11) is 0. The average molecular weight is 285 g/mol. The summed E-state index contributed by atoms with van der Waals surface area (Å²) < 4.78 is 11.3. The molecule has 110 valence electrons. The van der Waals surface area contributed by atoms with Gasteiger partial charge in [-0.2, -0.15) is 0 Å². The molecule has 0 saturated heterocycles. The van der Waals surface area contributed by atoms with Gasteiger partial charge in [0, 0.05) is 18.2 Å². The van der Waals surface area contributed by atoms with Gasteiger partial charge in [0.1, 0.15) is 30.5 Å². The first kappa shape index (κ1) is 13.8. The topological polar surface area (TPSA) is 50.7 Å². The van der Waals surface area contributed by atoms with Gasteiger partial charge in [-0.1, -0.05) is 12.1 Å². The van der Waals surface area contributed by atoms with Crippen molar-refractivity contribution in [2.45, 2.75) is 13.0 Å². The van der Waals surface area contributed by atoms with Gasteiger partial charge in [0.15, 0.2) is 0 Å². The molecule has 2 aromatic rings. The molecule has 1 atom stereocenters. The molecule has 1 aliphatic heterocycles. The van der Waals surface area contributed by atoms with Crippen molar-refractivity contribution < 1.29 is 14.6 Å². The number of phenolic OH excluding ortho intramolecular Hbond substituents is 1. The van der Waals surface area contributed by atoms with E-state index in [2.05, 4.69) is 5.32 Å². The van der Waals surface area contributed by atoms with Gasteiger partial charge < -0.3 is 19.9 Å². The predicted molar refractivity (Wildman–Crippen MR) is 81.0 cm³/mol. The van der Waals surface area contributed by atoms with E-state index in [0.717, 1.165) is 23.6 Å². The number of ether oxygens (including phenoxy) is 2. The van der Waals surface area contributed by atoms with Crippen LogP contribution in [0, 0.1) is 6.92 Å². The van der Waals surface area contributed by atoms with Gasteiger partial charge in [-0.3, -0.25) is 0 Å². The molecule has 1 heterocycles. The van der Waals surface area contributed by atoms with Gasteiger partial charge in [-0.25, -0.2) is 0 Å². The van der Waals surface area contributed by atoms with Crippen molar-refractivity contribution >= 4 is 0 Å². The molecule has 4 nitrogen and oxygen atoms in total. The zero-order valence-corrected chi connectivity index (χ0v) is 12.0. The summed E-state index contributed by atoms with van der Waals surface area (Å²) in [6, 6.07) is 13.4. The van der Waals surface area contributed by atoms with Crippen LogP contribution in [0.4, 0.5) is 0 Å². The number of phenols is 1. The Bertz CT molecular complexity index is 627. The van der Waals surface area contributed by atoms with Crippen LogP contribution in [0.5, 0.6) is 17.2 Å². The lowest BCUT2D eigenvalue weighted by atomic mass is 10.1. The summed E-state index contributed by atoms with van der Waals surface area (Å²) in [4.78, 5) is 0. The molecule has 0 fully saturated rings. The van der Waals surface area contributed by atoms with Crippen LogP contribution in [0.25, 0.3) is 0 Å². The van der Waals surface area contributed by atoms with Gasteiger partial charge >= 0.3 is 0 Å². The molecule has 2 N–H and O–H groups in total. The molecule has 3 rings (SSSR count). The molecular weight excluding hydrogens is 266 g/mol. The van der Waals surface area contributed by atoms with Crippen molar-refractivity contribution in [3.05, 3.63) is 53.6 Å². The average Bonchev–Trinajstić information content (AvgIpc) is 2.86. The maximum absolute atomic E-state index is 9.42. The zero-order valence-electron chi connectivity index (χ0n) is 12.0. The van der Waals surface area contributed by atoms with E-state index in [4.69, 9.17) is 9.47 Å². The second kappa shape index (κ2) is 6.06. The van der Waals surface area contributed by atoms with Crippen molar-refractivity contribution in [1.82, 2.24) is 5.32 Å². The van der Waals surface area contributed by atoms with Crippen LogP contribution >= 0.6 is 0 Å². The van der Waals surface area contributed by atoms with Crippen molar-refractivity contribution in [1.29, 1.82) is 0 Å². The summed E-state index contributed by atoms with van der Waals surface area (Å²) in [5, 5.41) is 12.8. The molecule has 0 aliphatic carbocycles. The monoisotopic (exact) mass is 285 g/mol. The molecule has 1 aliphatic rings. The third-order valence-corrected chi connectivity index (χ3v) is 3.53. The van der Waals surface area contributed by atoms with Crippen molar-refractivity contribution in [2.24, 2.45) is 0 Å². The molecular formula is C17H19NO3. The Balaban J connectivity index is 1.49. The first-order valence-electron chi connectivity index (χ1n) is 7.11. The van der Waals surface area contributed by atoms with Gasteiger partial charge in [0.2, 0.25) is 0 Å². The Morgan fingerprint density at radius 1 is 1.29 bits per heavy atom. The Labute approximate surface area is 124 Å². The highest BCUT2D eigenvalue weighted by Gasteiger charge is 2.23. The summed E-state index contributed by atoms with van der Waals surface area (Å²) in [6.07, 6.45) is 0. The largest absolute Gasteiger partial charge is 0.508 e. The first-order valence-corrected chi connectivity index (χ1v) is 7.11.